The molecule has 92 valence electrons. The van der Waals surface area contributed by atoms with E-state index in [-0.39, 0.29) is 5.60 Å². The largest absolute Gasteiger partial charge is 0.375 e. The number of rotatable bonds is 3. The zero-order valence-corrected chi connectivity index (χ0v) is 11.1. The summed E-state index contributed by atoms with van der Waals surface area (Å²) in [5.74, 6) is 1.14. The maximum Gasteiger partial charge on any atom is 0.156 e. The molecule has 1 saturated heterocycles. The molecule has 16 heavy (non-hydrogen) atoms. The molecule has 1 unspecified atom stereocenters. The maximum atomic E-state index is 5.97. The third kappa shape index (κ3) is 2.72. The zero-order chi connectivity index (χ0) is 11.4. The van der Waals surface area contributed by atoms with E-state index in [9.17, 15) is 0 Å². The van der Waals surface area contributed by atoms with Gasteiger partial charge in [-0.15, -0.1) is 0 Å². The summed E-state index contributed by atoms with van der Waals surface area (Å²) in [6.07, 6.45) is 4.46. The van der Waals surface area contributed by atoms with Crippen LogP contribution >= 0.6 is 11.8 Å². The fourth-order valence-corrected chi connectivity index (χ4v) is 3.30. The first kappa shape index (κ1) is 12.2. The van der Waals surface area contributed by atoms with Crippen molar-refractivity contribution in [3.05, 3.63) is 0 Å². The quantitative estimate of drug-likeness (QED) is 0.825. The van der Waals surface area contributed by atoms with Gasteiger partial charge >= 0.3 is 0 Å². The van der Waals surface area contributed by atoms with Crippen LogP contribution < -0.4 is 5.32 Å². The van der Waals surface area contributed by atoms with E-state index in [0.29, 0.717) is 6.04 Å². The van der Waals surface area contributed by atoms with E-state index < -0.39 is 0 Å². The van der Waals surface area contributed by atoms with Crippen molar-refractivity contribution >= 4 is 16.9 Å². The van der Waals surface area contributed by atoms with Crippen molar-refractivity contribution in [1.29, 1.82) is 0 Å². The fourth-order valence-electron chi connectivity index (χ4n) is 2.49. The third-order valence-electron chi connectivity index (χ3n) is 3.69. The van der Waals surface area contributed by atoms with Crippen molar-refractivity contribution in [2.75, 3.05) is 18.9 Å². The molecule has 1 atom stereocenters. The standard InChI is InChI=1S/C12H22N2OS/c1-3-12(4-2)9-10(5-7-15-12)14-11-13-6-8-16-11/h10H,3-9H2,1-2H3,(H,13,14). The van der Waals surface area contributed by atoms with E-state index in [1.807, 2.05) is 11.8 Å². The van der Waals surface area contributed by atoms with E-state index in [1.54, 1.807) is 0 Å². The SMILES string of the molecule is CCC1(CC)CC(NC2=NCCS2)CCO1. The summed E-state index contributed by atoms with van der Waals surface area (Å²) in [7, 11) is 0. The first-order valence-electron chi connectivity index (χ1n) is 6.36. The molecule has 2 rings (SSSR count). The first-order chi connectivity index (χ1) is 7.78. The Hall–Kier alpha value is -0.220. The predicted molar refractivity (Wildman–Crippen MR) is 70.2 cm³/mol. The van der Waals surface area contributed by atoms with Crippen LogP contribution in [0.2, 0.25) is 0 Å². The van der Waals surface area contributed by atoms with Crippen LogP contribution in [0, 0.1) is 0 Å². The number of aliphatic imine (C=N–C) groups is 1. The Kier molecular flexibility index (Phi) is 4.14. The van der Waals surface area contributed by atoms with E-state index >= 15 is 0 Å². The number of amidine groups is 1. The summed E-state index contributed by atoms with van der Waals surface area (Å²) in [4.78, 5) is 4.46. The summed E-state index contributed by atoms with van der Waals surface area (Å²) in [5, 5.41) is 4.72. The van der Waals surface area contributed by atoms with Crippen molar-refractivity contribution in [1.82, 2.24) is 5.32 Å². The van der Waals surface area contributed by atoms with Crippen LogP contribution in [-0.2, 0) is 4.74 Å². The third-order valence-corrected chi connectivity index (χ3v) is 4.60. The summed E-state index contributed by atoms with van der Waals surface area (Å²) >= 11 is 1.85. The normalized spacial score (nSPS) is 28.9. The van der Waals surface area contributed by atoms with Gasteiger partial charge in [-0.3, -0.25) is 4.99 Å². The molecule has 1 N–H and O–H groups in total. The van der Waals surface area contributed by atoms with Crippen molar-refractivity contribution in [3.8, 4) is 0 Å². The Morgan fingerprint density at radius 2 is 2.31 bits per heavy atom. The minimum atomic E-state index is 0.111. The summed E-state index contributed by atoms with van der Waals surface area (Å²) in [6.45, 7) is 6.32. The lowest BCUT2D eigenvalue weighted by atomic mass is 9.86. The van der Waals surface area contributed by atoms with Gasteiger partial charge in [0.2, 0.25) is 0 Å². The van der Waals surface area contributed by atoms with Gasteiger partial charge in [-0.25, -0.2) is 0 Å². The summed E-state index contributed by atoms with van der Waals surface area (Å²) < 4.78 is 5.97. The zero-order valence-electron chi connectivity index (χ0n) is 10.3. The fraction of sp³-hybridized carbons (Fsp3) is 0.917. The minimum absolute atomic E-state index is 0.111. The van der Waals surface area contributed by atoms with Gasteiger partial charge in [0.05, 0.1) is 12.1 Å². The predicted octanol–water partition coefficient (Wildman–Crippen LogP) is 2.42. The first-order valence-corrected chi connectivity index (χ1v) is 7.34. The summed E-state index contributed by atoms with van der Waals surface area (Å²) in [6, 6.07) is 0.554. The number of hydrogen-bond donors (Lipinski definition) is 1. The van der Waals surface area contributed by atoms with Gasteiger partial charge in [0.1, 0.15) is 0 Å². The molecule has 0 bridgehead atoms. The Bertz CT molecular complexity index is 264. The van der Waals surface area contributed by atoms with Gasteiger partial charge in [0.15, 0.2) is 5.17 Å². The van der Waals surface area contributed by atoms with Crippen LogP contribution in [0.3, 0.4) is 0 Å². The molecule has 2 heterocycles. The van der Waals surface area contributed by atoms with Gasteiger partial charge in [-0.2, -0.15) is 0 Å². The van der Waals surface area contributed by atoms with E-state index in [2.05, 4.69) is 24.2 Å². The number of nitrogens with zero attached hydrogens (tertiary/aromatic N) is 1. The van der Waals surface area contributed by atoms with E-state index in [0.717, 1.165) is 49.8 Å². The molecule has 0 spiro atoms. The van der Waals surface area contributed by atoms with Crippen molar-refractivity contribution in [2.24, 2.45) is 4.99 Å². The van der Waals surface area contributed by atoms with Crippen LogP contribution in [0.5, 0.6) is 0 Å². The van der Waals surface area contributed by atoms with Gasteiger partial charge in [-0.05, 0) is 25.7 Å². The molecular weight excluding hydrogens is 220 g/mol. The molecule has 0 amide bonds. The van der Waals surface area contributed by atoms with Crippen LogP contribution in [0.4, 0.5) is 0 Å². The molecule has 0 aromatic heterocycles. The Balaban J connectivity index is 1.90. The lowest BCUT2D eigenvalue weighted by molar-refractivity contribution is -0.0909. The smallest absolute Gasteiger partial charge is 0.156 e. The van der Waals surface area contributed by atoms with Gasteiger partial charge < -0.3 is 10.1 Å². The van der Waals surface area contributed by atoms with Crippen molar-refractivity contribution in [3.63, 3.8) is 0 Å². The van der Waals surface area contributed by atoms with E-state index in [1.165, 1.54) is 0 Å². The van der Waals surface area contributed by atoms with E-state index in [4.69, 9.17) is 4.74 Å². The molecule has 4 heteroatoms. The number of hydrogen-bond acceptors (Lipinski definition) is 4. The molecule has 1 fully saturated rings. The highest BCUT2D eigenvalue weighted by Gasteiger charge is 2.34. The molecular formula is C12H22N2OS. The van der Waals surface area contributed by atoms with Crippen molar-refractivity contribution in [2.45, 2.75) is 51.2 Å². The molecule has 2 aliphatic heterocycles. The van der Waals surface area contributed by atoms with Crippen LogP contribution in [-0.4, -0.2) is 35.7 Å². The lowest BCUT2D eigenvalue weighted by Crippen LogP contribution is -2.47. The highest BCUT2D eigenvalue weighted by Crippen LogP contribution is 2.31. The topological polar surface area (TPSA) is 33.6 Å². The average molecular weight is 242 g/mol. The molecule has 0 aliphatic carbocycles. The molecule has 0 saturated carbocycles. The monoisotopic (exact) mass is 242 g/mol. The lowest BCUT2D eigenvalue weighted by Gasteiger charge is -2.40. The molecule has 0 radical (unpaired) electrons. The molecule has 2 aliphatic rings. The minimum Gasteiger partial charge on any atom is -0.375 e. The molecule has 0 aromatic carbocycles. The number of nitrogens with one attached hydrogen (secondary N) is 1. The van der Waals surface area contributed by atoms with Crippen LogP contribution in [0.15, 0.2) is 4.99 Å². The molecule has 3 nitrogen and oxygen atoms in total. The second-order valence-corrected chi connectivity index (χ2v) is 5.69. The van der Waals surface area contributed by atoms with Gasteiger partial charge in [0.25, 0.3) is 0 Å². The second-order valence-electron chi connectivity index (χ2n) is 4.61. The number of ether oxygens (including phenoxy) is 1. The second kappa shape index (κ2) is 5.41. The molecule has 0 aromatic rings. The van der Waals surface area contributed by atoms with Crippen LogP contribution in [0.1, 0.15) is 39.5 Å². The Morgan fingerprint density at radius 3 is 2.94 bits per heavy atom. The average Bonchev–Trinajstić information content (AvgIpc) is 2.82. The Labute approximate surface area is 102 Å². The maximum absolute atomic E-state index is 5.97. The Morgan fingerprint density at radius 1 is 1.50 bits per heavy atom. The summed E-state index contributed by atoms with van der Waals surface area (Å²) in [5.41, 5.74) is 0.111. The highest BCUT2D eigenvalue weighted by atomic mass is 32.2. The van der Waals surface area contributed by atoms with Crippen molar-refractivity contribution < 1.29 is 4.74 Å². The van der Waals surface area contributed by atoms with Crippen LogP contribution in [0.25, 0.3) is 0 Å². The highest BCUT2D eigenvalue weighted by molar-refractivity contribution is 8.14. The van der Waals surface area contributed by atoms with Gasteiger partial charge in [-0.1, -0.05) is 25.6 Å². The number of thioether (sulfide) groups is 1. The van der Waals surface area contributed by atoms with Gasteiger partial charge in [0, 0.05) is 18.4 Å².